The van der Waals surface area contributed by atoms with Crippen molar-refractivity contribution >= 4 is 45.9 Å². The summed E-state index contributed by atoms with van der Waals surface area (Å²) in [6, 6.07) is 12.3. The number of fused-ring (bicyclic) bond motifs is 1. The quantitative estimate of drug-likeness (QED) is 0.681. The van der Waals surface area contributed by atoms with Gasteiger partial charge in [-0.2, -0.15) is 0 Å². The Bertz CT molecular complexity index is 866. The maximum Gasteiger partial charge on any atom is 0.278 e. The number of nitrogens with zero attached hydrogens (tertiary/aromatic N) is 3. The van der Waals surface area contributed by atoms with E-state index in [4.69, 9.17) is 23.2 Å². The van der Waals surface area contributed by atoms with Gasteiger partial charge in [0.1, 0.15) is 5.52 Å². The molecule has 0 bridgehead atoms. The van der Waals surface area contributed by atoms with Gasteiger partial charge in [0.25, 0.3) is 5.56 Å². The number of aromatic nitrogens is 3. The molecule has 4 nitrogen and oxygen atoms in total. The maximum atomic E-state index is 12.3. The molecule has 1 heterocycles. The minimum absolute atomic E-state index is 0.175. The first kappa shape index (κ1) is 14.4. The van der Waals surface area contributed by atoms with Crippen LogP contribution in [0.4, 0.5) is 0 Å². The molecule has 0 aliphatic heterocycles. The fourth-order valence-corrected chi connectivity index (χ4v) is 3.19. The molecule has 0 fully saturated rings. The largest absolute Gasteiger partial charge is 0.278 e. The minimum atomic E-state index is -0.175. The first-order chi connectivity index (χ1) is 10.1. The maximum absolute atomic E-state index is 12.3. The van der Waals surface area contributed by atoms with E-state index in [0.29, 0.717) is 26.8 Å². The third kappa shape index (κ3) is 3.05. The highest BCUT2D eigenvalue weighted by Crippen LogP contribution is 2.30. The summed E-state index contributed by atoms with van der Waals surface area (Å²) in [5.41, 5.74) is 0.413. The highest BCUT2D eigenvalue weighted by molar-refractivity contribution is 7.98. The van der Waals surface area contributed by atoms with Crippen molar-refractivity contribution < 1.29 is 0 Å². The summed E-state index contributed by atoms with van der Waals surface area (Å²) in [6.45, 7) is 0. The SMILES string of the molecule is O=c1c2ccccc2nnn1CSc1cc(Cl)ccc1Cl. The molecule has 0 spiro atoms. The summed E-state index contributed by atoms with van der Waals surface area (Å²) in [7, 11) is 0. The van der Waals surface area contributed by atoms with Crippen molar-refractivity contribution in [2.75, 3.05) is 0 Å². The number of benzene rings is 2. The number of halogens is 2. The highest BCUT2D eigenvalue weighted by atomic mass is 35.5. The molecule has 0 atom stereocenters. The lowest BCUT2D eigenvalue weighted by atomic mass is 10.2. The molecular weight excluding hydrogens is 329 g/mol. The Morgan fingerprint density at radius 1 is 1.14 bits per heavy atom. The van der Waals surface area contributed by atoms with E-state index in [-0.39, 0.29) is 5.56 Å². The molecule has 7 heteroatoms. The van der Waals surface area contributed by atoms with Crippen molar-refractivity contribution in [3.8, 4) is 0 Å². The number of rotatable bonds is 3. The van der Waals surface area contributed by atoms with E-state index in [2.05, 4.69) is 10.3 Å². The van der Waals surface area contributed by atoms with Crippen LogP contribution in [0.3, 0.4) is 0 Å². The summed E-state index contributed by atoms with van der Waals surface area (Å²) >= 11 is 13.4. The van der Waals surface area contributed by atoms with Crippen LogP contribution in [-0.4, -0.2) is 15.0 Å². The monoisotopic (exact) mass is 337 g/mol. The number of thioether (sulfide) groups is 1. The minimum Gasteiger partial charge on any atom is -0.267 e. The van der Waals surface area contributed by atoms with E-state index in [1.165, 1.54) is 16.4 Å². The van der Waals surface area contributed by atoms with Crippen molar-refractivity contribution in [2.45, 2.75) is 10.8 Å². The van der Waals surface area contributed by atoms with E-state index in [9.17, 15) is 4.79 Å². The predicted molar refractivity (Wildman–Crippen MR) is 86.1 cm³/mol. The first-order valence-electron chi connectivity index (χ1n) is 6.05. The van der Waals surface area contributed by atoms with Crippen LogP contribution >= 0.6 is 35.0 Å². The van der Waals surface area contributed by atoms with Crippen LogP contribution < -0.4 is 5.56 Å². The van der Waals surface area contributed by atoms with Gasteiger partial charge in [0.2, 0.25) is 0 Å². The second-order valence-electron chi connectivity index (χ2n) is 4.26. The Morgan fingerprint density at radius 2 is 1.95 bits per heavy atom. The molecule has 1 aromatic heterocycles. The highest BCUT2D eigenvalue weighted by Gasteiger charge is 2.07. The Balaban J connectivity index is 1.90. The molecule has 0 N–H and O–H groups in total. The molecular formula is C14H9Cl2N3OS. The molecule has 2 aromatic carbocycles. The topological polar surface area (TPSA) is 47.8 Å². The van der Waals surface area contributed by atoms with Gasteiger partial charge in [-0.05, 0) is 30.3 Å². The molecule has 3 aromatic rings. The van der Waals surface area contributed by atoms with E-state index in [1.54, 1.807) is 36.4 Å². The molecule has 0 aliphatic carbocycles. The van der Waals surface area contributed by atoms with Crippen LogP contribution in [0.2, 0.25) is 10.0 Å². The Kier molecular flexibility index (Phi) is 4.14. The van der Waals surface area contributed by atoms with Gasteiger partial charge in [0, 0.05) is 9.92 Å². The summed E-state index contributed by atoms with van der Waals surface area (Å²) in [4.78, 5) is 13.1. The third-order valence-electron chi connectivity index (χ3n) is 2.86. The van der Waals surface area contributed by atoms with Crippen LogP contribution in [0.5, 0.6) is 0 Å². The Morgan fingerprint density at radius 3 is 2.81 bits per heavy atom. The zero-order valence-electron chi connectivity index (χ0n) is 10.7. The molecule has 3 rings (SSSR count). The third-order valence-corrected chi connectivity index (χ3v) is 4.56. The summed E-state index contributed by atoms with van der Waals surface area (Å²) < 4.78 is 1.31. The van der Waals surface area contributed by atoms with Crippen LogP contribution in [-0.2, 0) is 5.88 Å². The predicted octanol–water partition coefficient (Wildman–Crippen LogP) is 3.85. The van der Waals surface area contributed by atoms with Gasteiger partial charge in [-0.3, -0.25) is 4.79 Å². The fraction of sp³-hybridized carbons (Fsp3) is 0.0714. The Hall–Kier alpha value is -1.56. The van der Waals surface area contributed by atoms with E-state index < -0.39 is 0 Å². The summed E-state index contributed by atoms with van der Waals surface area (Å²) in [6.07, 6.45) is 0. The molecule has 0 aliphatic rings. The lowest BCUT2D eigenvalue weighted by molar-refractivity contribution is 0.645. The molecule has 0 saturated carbocycles. The van der Waals surface area contributed by atoms with Gasteiger partial charge >= 0.3 is 0 Å². The second-order valence-corrected chi connectivity index (χ2v) is 6.09. The lowest BCUT2D eigenvalue weighted by Gasteiger charge is -2.06. The second kappa shape index (κ2) is 6.05. The van der Waals surface area contributed by atoms with Crippen molar-refractivity contribution in [3.63, 3.8) is 0 Å². The zero-order chi connectivity index (χ0) is 14.8. The Labute approximate surface area is 134 Å². The summed E-state index contributed by atoms with van der Waals surface area (Å²) in [5, 5.41) is 9.70. The van der Waals surface area contributed by atoms with Crippen LogP contribution in [0.1, 0.15) is 0 Å². The van der Waals surface area contributed by atoms with Crippen LogP contribution in [0.15, 0.2) is 52.2 Å². The van der Waals surface area contributed by atoms with Gasteiger partial charge < -0.3 is 0 Å². The number of hydrogen-bond donors (Lipinski definition) is 0. The standard InChI is InChI=1S/C14H9Cl2N3OS/c15-9-5-6-11(16)13(7-9)21-8-19-14(20)10-3-1-2-4-12(10)17-18-19/h1-7H,8H2. The normalized spacial score (nSPS) is 11.0. The van der Waals surface area contributed by atoms with Gasteiger partial charge in [-0.25, -0.2) is 4.68 Å². The van der Waals surface area contributed by atoms with Gasteiger partial charge in [0.05, 0.1) is 16.3 Å². The molecule has 0 unspecified atom stereocenters. The molecule has 0 amide bonds. The molecule has 106 valence electrons. The van der Waals surface area contributed by atoms with Crippen LogP contribution in [0, 0.1) is 0 Å². The smallest absolute Gasteiger partial charge is 0.267 e. The van der Waals surface area contributed by atoms with Crippen molar-refractivity contribution in [3.05, 3.63) is 62.9 Å². The summed E-state index contributed by atoms with van der Waals surface area (Å²) in [5.74, 6) is 0.316. The molecule has 0 saturated heterocycles. The molecule has 21 heavy (non-hydrogen) atoms. The zero-order valence-corrected chi connectivity index (χ0v) is 13.0. The van der Waals surface area contributed by atoms with Crippen molar-refractivity contribution in [2.24, 2.45) is 0 Å². The first-order valence-corrected chi connectivity index (χ1v) is 7.80. The van der Waals surface area contributed by atoms with E-state index in [1.807, 2.05) is 6.07 Å². The van der Waals surface area contributed by atoms with Gasteiger partial charge in [0.15, 0.2) is 0 Å². The van der Waals surface area contributed by atoms with E-state index >= 15 is 0 Å². The van der Waals surface area contributed by atoms with Crippen molar-refractivity contribution in [1.29, 1.82) is 0 Å². The number of hydrogen-bond acceptors (Lipinski definition) is 4. The van der Waals surface area contributed by atoms with Gasteiger partial charge in [-0.1, -0.05) is 40.5 Å². The van der Waals surface area contributed by atoms with E-state index in [0.717, 1.165) is 4.90 Å². The van der Waals surface area contributed by atoms with Gasteiger partial charge in [-0.15, -0.1) is 16.9 Å². The average Bonchev–Trinajstić information content (AvgIpc) is 2.50. The van der Waals surface area contributed by atoms with Crippen molar-refractivity contribution in [1.82, 2.24) is 15.0 Å². The lowest BCUT2D eigenvalue weighted by Crippen LogP contribution is -2.23. The van der Waals surface area contributed by atoms with Crippen LogP contribution in [0.25, 0.3) is 10.9 Å². The fourth-order valence-electron chi connectivity index (χ4n) is 1.83. The average molecular weight is 338 g/mol. The molecule has 0 radical (unpaired) electrons.